The van der Waals surface area contributed by atoms with E-state index in [2.05, 4.69) is 25.5 Å². The lowest BCUT2D eigenvalue weighted by Gasteiger charge is -2.46. The zero-order valence-corrected chi connectivity index (χ0v) is 15.0. The molecule has 1 aromatic heterocycles. The number of methoxy groups -OCH3 is 1. The van der Waals surface area contributed by atoms with Gasteiger partial charge in [0.25, 0.3) is 0 Å². The smallest absolute Gasteiger partial charge is 0.314 e. The molecular weight excluding hydrogens is 322 g/mol. The molecule has 1 spiro atoms. The first kappa shape index (κ1) is 17.7. The van der Waals surface area contributed by atoms with Crippen LogP contribution in [0, 0.1) is 5.41 Å². The predicted octanol–water partition coefficient (Wildman–Crippen LogP) is 1.18. The van der Waals surface area contributed by atoms with Crippen molar-refractivity contribution in [2.75, 3.05) is 45.3 Å². The molecule has 3 heterocycles. The molecule has 8 heteroatoms. The van der Waals surface area contributed by atoms with Crippen LogP contribution in [0.15, 0.2) is 12.4 Å². The Morgan fingerprint density at radius 1 is 1.40 bits per heavy atom. The average molecular weight is 349 g/mol. The molecule has 2 saturated heterocycles. The van der Waals surface area contributed by atoms with Crippen LogP contribution in [0.2, 0.25) is 0 Å². The number of hydrogen-bond acceptors (Lipinski definition) is 6. The van der Waals surface area contributed by atoms with E-state index >= 15 is 0 Å². The Hall–Kier alpha value is -2.09. The number of anilines is 1. The Morgan fingerprint density at radius 2 is 2.20 bits per heavy atom. The van der Waals surface area contributed by atoms with Gasteiger partial charge in [-0.05, 0) is 31.1 Å². The number of aromatic nitrogens is 2. The predicted molar refractivity (Wildman–Crippen MR) is 93.9 cm³/mol. The fourth-order valence-corrected chi connectivity index (χ4v) is 3.59. The van der Waals surface area contributed by atoms with Crippen molar-refractivity contribution in [2.24, 2.45) is 5.41 Å². The van der Waals surface area contributed by atoms with Gasteiger partial charge in [-0.25, -0.2) is 14.8 Å². The van der Waals surface area contributed by atoms with Crippen LogP contribution in [0.25, 0.3) is 0 Å². The highest BCUT2D eigenvalue weighted by Gasteiger charge is 2.39. The van der Waals surface area contributed by atoms with E-state index in [0.29, 0.717) is 12.4 Å². The molecule has 2 amide bonds. The van der Waals surface area contributed by atoms with Crippen molar-refractivity contribution >= 4 is 11.8 Å². The number of piperidine rings is 1. The molecule has 2 aliphatic heterocycles. The Labute approximate surface area is 148 Å². The molecule has 0 aromatic carbocycles. The first-order valence-corrected chi connectivity index (χ1v) is 8.82. The monoisotopic (exact) mass is 349 g/mol. The third-order valence-electron chi connectivity index (χ3n) is 5.32. The molecule has 0 saturated carbocycles. The summed E-state index contributed by atoms with van der Waals surface area (Å²) in [5.41, 5.74) is 0.261. The van der Waals surface area contributed by atoms with Gasteiger partial charge < -0.3 is 25.0 Å². The summed E-state index contributed by atoms with van der Waals surface area (Å²) in [5.74, 6) is 1.52. The maximum absolute atomic E-state index is 11.3. The molecule has 0 bridgehead atoms. The van der Waals surface area contributed by atoms with Crippen molar-refractivity contribution in [3.63, 3.8) is 0 Å². The fourth-order valence-electron chi connectivity index (χ4n) is 3.59. The van der Waals surface area contributed by atoms with Crippen LogP contribution < -0.4 is 20.3 Å². The van der Waals surface area contributed by atoms with Crippen molar-refractivity contribution < 1.29 is 14.3 Å². The number of urea groups is 1. The van der Waals surface area contributed by atoms with Crippen molar-refractivity contribution in [1.29, 1.82) is 0 Å². The summed E-state index contributed by atoms with van der Waals surface area (Å²) in [7, 11) is 3.24. The zero-order chi connectivity index (χ0) is 17.7. The highest BCUT2D eigenvalue weighted by atomic mass is 16.5. The van der Waals surface area contributed by atoms with E-state index in [0.717, 1.165) is 51.2 Å². The number of rotatable bonds is 4. The summed E-state index contributed by atoms with van der Waals surface area (Å²) in [6.07, 6.45) is 5.99. The summed E-state index contributed by atoms with van der Waals surface area (Å²) in [6, 6.07) is 1.73. The number of carbonyl (C=O) groups is 1. The van der Waals surface area contributed by atoms with Gasteiger partial charge in [0.05, 0.1) is 19.8 Å². The van der Waals surface area contributed by atoms with Gasteiger partial charge in [0, 0.05) is 32.7 Å². The van der Waals surface area contributed by atoms with E-state index in [9.17, 15) is 4.79 Å². The van der Waals surface area contributed by atoms with Gasteiger partial charge in [-0.15, -0.1) is 0 Å². The van der Waals surface area contributed by atoms with Crippen LogP contribution in [0.4, 0.5) is 10.6 Å². The summed E-state index contributed by atoms with van der Waals surface area (Å²) in [5, 5.41) is 5.38. The first-order chi connectivity index (χ1) is 12.1. The molecule has 138 valence electrons. The van der Waals surface area contributed by atoms with Crippen molar-refractivity contribution in [3.05, 3.63) is 12.4 Å². The van der Waals surface area contributed by atoms with Crippen LogP contribution in [0.5, 0.6) is 5.88 Å². The fraction of sp³-hybridized carbons (Fsp3) is 0.706. The van der Waals surface area contributed by atoms with Gasteiger partial charge in [-0.3, -0.25) is 0 Å². The van der Waals surface area contributed by atoms with Gasteiger partial charge in [-0.2, -0.15) is 0 Å². The summed E-state index contributed by atoms with van der Waals surface area (Å²) in [6.45, 7) is 3.27. The van der Waals surface area contributed by atoms with Gasteiger partial charge in [0.2, 0.25) is 5.88 Å². The second-order valence-electron chi connectivity index (χ2n) is 6.84. The average Bonchev–Trinajstić information content (AvgIpc) is 2.68. The molecular formula is C17H27N5O3. The molecule has 8 nitrogen and oxygen atoms in total. The van der Waals surface area contributed by atoms with Crippen LogP contribution in [0.1, 0.15) is 25.7 Å². The molecule has 2 aliphatic rings. The molecule has 2 N–H and O–H groups in total. The highest BCUT2D eigenvalue weighted by molar-refractivity contribution is 5.73. The van der Waals surface area contributed by atoms with Crippen molar-refractivity contribution in [1.82, 2.24) is 20.6 Å². The summed E-state index contributed by atoms with van der Waals surface area (Å²) < 4.78 is 11.2. The van der Waals surface area contributed by atoms with Gasteiger partial charge >= 0.3 is 6.03 Å². The third-order valence-corrected chi connectivity index (χ3v) is 5.32. The number of nitrogens with one attached hydrogen (secondary N) is 2. The van der Waals surface area contributed by atoms with Crippen LogP contribution >= 0.6 is 0 Å². The van der Waals surface area contributed by atoms with E-state index in [1.807, 2.05) is 6.07 Å². The molecule has 1 aromatic rings. The zero-order valence-electron chi connectivity index (χ0n) is 15.0. The Morgan fingerprint density at radius 3 is 2.84 bits per heavy atom. The molecule has 2 fully saturated rings. The lowest BCUT2D eigenvalue weighted by Crippen LogP contribution is -2.48. The topological polar surface area (TPSA) is 88.6 Å². The second kappa shape index (κ2) is 7.86. The SMILES string of the molecule is CNC(=O)NC[C@H]1CCC2(CCN(c3cc(OC)ncn3)CC2)CO1. The van der Waals surface area contributed by atoms with Gasteiger partial charge in [-0.1, -0.05) is 0 Å². The largest absolute Gasteiger partial charge is 0.481 e. The van der Waals surface area contributed by atoms with Crippen LogP contribution in [-0.4, -0.2) is 62.5 Å². The Balaban J connectivity index is 1.48. The third kappa shape index (κ3) is 4.31. The molecule has 3 rings (SSSR count). The molecule has 0 unspecified atom stereocenters. The Kier molecular flexibility index (Phi) is 5.57. The normalized spacial score (nSPS) is 22.5. The number of ether oxygens (including phenoxy) is 2. The standard InChI is InChI=1S/C17H27N5O3/c1-18-16(23)19-10-13-3-4-17(11-25-13)5-7-22(8-6-17)14-9-15(24-2)21-12-20-14/h9,12-13H,3-8,10-11H2,1-2H3,(H2,18,19,23)/t13-/m1/s1. The van der Waals surface area contributed by atoms with Crippen LogP contribution in [0.3, 0.4) is 0 Å². The number of carbonyl (C=O) groups excluding carboxylic acids is 1. The summed E-state index contributed by atoms with van der Waals surface area (Å²) >= 11 is 0. The van der Waals surface area contributed by atoms with Gasteiger partial charge in [0.1, 0.15) is 12.1 Å². The molecule has 1 atom stereocenters. The minimum Gasteiger partial charge on any atom is -0.481 e. The van der Waals surface area contributed by atoms with E-state index < -0.39 is 0 Å². The summed E-state index contributed by atoms with van der Waals surface area (Å²) in [4.78, 5) is 22.0. The number of amides is 2. The van der Waals surface area contributed by atoms with E-state index in [-0.39, 0.29) is 17.6 Å². The minimum absolute atomic E-state index is 0.118. The van der Waals surface area contributed by atoms with E-state index in [1.54, 1.807) is 20.5 Å². The highest BCUT2D eigenvalue weighted by Crippen LogP contribution is 2.41. The maximum atomic E-state index is 11.3. The molecule has 0 aliphatic carbocycles. The quantitative estimate of drug-likeness (QED) is 0.849. The minimum atomic E-state index is -0.155. The molecule has 25 heavy (non-hydrogen) atoms. The van der Waals surface area contributed by atoms with Crippen LogP contribution in [-0.2, 0) is 4.74 Å². The lowest BCUT2D eigenvalue weighted by atomic mass is 9.73. The van der Waals surface area contributed by atoms with Gasteiger partial charge in [0.15, 0.2) is 0 Å². The molecule has 0 radical (unpaired) electrons. The lowest BCUT2D eigenvalue weighted by molar-refractivity contribution is -0.0697. The maximum Gasteiger partial charge on any atom is 0.314 e. The van der Waals surface area contributed by atoms with E-state index in [4.69, 9.17) is 9.47 Å². The van der Waals surface area contributed by atoms with Crippen molar-refractivity contribution in [3.8, 4) is 5.88 Å². The van der Waals surface area contributed by atoms with Crippen molar-refractivity contribution in [2.45, 2.75) is 31.8 Å². The second-order valence-corrected chi connectivity index (χ2v) is 6.84. The Bertz CT molecular complexity index is 579. The first-order valence-electron chi connectivity index (χ1n) is 8.82. The van der Waals surface area contributed by atoms with E-state index in [1.165, 1.54) is 0 Å². The number of hydrogen-bond donors (Lipinski definition) is 2. The number of nitrogens with zero attached hydrogens (tertiary/aromatic N) is 3.